The largest absolute Gasteiger partial charge is 0.339 e. The summed E-state index contributed by atoms with van der Waals surface area (Å²) in [6, 6.07) is 9.74. The second kappa shape index (κ2) is 9.30. The molecule has 0 radical (unpaired) electrons. The Morgan fingerprint density at radius 2 is 1.68 bits per heavy atom. The van der Waals surface area contributed by atoms with Gasteiger partial charge in [0.15, 0.2) is 0 Å². The van der Waals surface area contributed by atoms with Crippen LogP contribution < -0.4 is 9.80 Å². The summed E-state index contributed by atoms with van der Waals surface area (Å²) in [5.41, 5.74) is 2.06. The Balaban J connectivity index is 1.53. The van der Waals surface area contributed by atoms with Crippen LogP contribution in [0.3, 0.4) is 0 Å². The van der Waals surface area contributed by atoms with E-state index in [4.69, 9.17) is 0 Å². The van der Waals surface area contributed by atoms with Gasteiger partial charge in [-0.2, -0.15) is 0 Å². The summed E-state index contributed by atoms with van der Waals surface area (Å²) in [6.45, 7) is 6.73. The molecule has 7 heteroatoms. The summed E-state index contributed by atoms with van der Waals surface area (Å²) in [4.78, 5) is 38.9. The van der Waals surface area contributed by atoms with Crippen LogP contribution in [0.15, 0.2) is 42.7 Å². The molecule has 0 bridgehead atoms. The van der Waals surface area contributed by atoms with Crippen molar-refractivity contribution in [1.82, 2.24) is 14.9 Å². The standard InChI is InChI=1S/C21H27N5O2/c1-3-18-5-7-19(8-6-18)26(17(2)27)12-9-20(28)24-13-15-25(16-14-24)21-22-10-4-11-23-21/h4-8,10-11H,3,9,12-16H2,1-2H3. The lowest BCUT2D eigenvalue weighted by molar-refractivity contribution is -0.131. The number of carbonyl (C=O) groups is 2. The minimum atomic E-state index is -0.0527. The van der Waals surface area contributed by atoms with Crippen LogP contribution in [0.25, 0.3) is 0 Å². The van der Waals surface area contributed by atoms with Gasteiger partial charge in [0.25, 0.3) is 0 Å². The second-order valence-corrected chi connectivity index (χ2v) is 6.86. The third-order valence-electron chi connectivity index (χ3n) is 5.05. The van der Waals surface area contributed by atoms with Crippen molar-refractivity contribution in [2.24, 2.45) is 0 Å². The van der Waals surface area contributed by atoms with Crippen LogP contribution in [0, 0.1) is 0 Å². The number of carbonyl (C=O) groups excluding carboxylic acids is 2. The topological polar surface area (TPSA) is 69.6 Å². The van der Waals surface area contributed by atoms with Gasteiger partial charge >= 0.3 is 0 Å². The number of hydrogen-bond donors (Lipinski definition) is 0. The van der Waals surface area contributed by atoms with Gasteiger partial charge in [0.1, 0.15) is 0 Å². The number of benzene rings is 1. The fraction of sp³-hybridized carbons (Fsp3) is 0.429. The van der Waals surface area contributed by atoms with Crippen molar-refractivity contribution in [3.8, 4) is 0 Å². The van der Waals surface area contributed by atoms with Gasteiger partial charge in [0.2, 0.25) is 17.8 Å². The fourth-order valence-corrected chi connectivity index (χ4v) is 3.36. The highest BCUT2D eigenvalue weighted by Crippen LogP contribution is 2.17. The van der Waals surface area contributed by atoms with E-state index < -0.39 is 0 Å². The lowest BCUT2D eigenvalue weighted by atomic mass is 10.1. The van der Waals surface area contributed by atoms with Gasteiger partial charge in [-0.15, -0.1) is 0 Å². The zero-order chi connectivity index (χ0) is 19.9. The third-order valence-corrected chi connectivity index (χ3v) is 5.05. The molecule has 28 heavy (non-hydrogen) atoms. The van der Waals surface area contributed by atoms with Crippen molar-refractivity contribution >= 4 is 23.5 Å². The van der Waals surface area contributed by atoms with Crippen LogP contribution >= 0.6 is 0 Å². The highest BCUT2D eigenvalue weighted by molar-refractivity contribution is 5.92. The first-order valence-electron chi connectivity index (χ1n) is 9.75. The van der Waals surface area contributed by atoms with E-state index in [2.05, 4.69) is 21.8 Å². The third kappa shape index (κ3) is 4.85. The zero-order valence-corrected chi connectivity index (χ0v) is 16.5. The van der Waals surface area contributed by atoms with Crippen LogP contribution in [0.4, 0.5) is 11.6 Å². The molecule has 0 atom stereocenters. The van der Waals surface area contributed by atoms with Gasteiger partial charge in [-0.1, -0.05) is 19.1 Å². The number of anilines is 2. The molecule has 2 amide bonds. The van der Waals surface area contributed by atoms with E-state index in [0.29, 0.717) is 45.1 Å². The molecule has 0 N–H and O–H groups in total. The Hall–Kier alpha value is -2.96. The van der Waals surface area contributed by atoms with Gasteiger partial charge < -0.3 is 14.7 Å². The minimum absolute atomic E-state index is 0.0527. The first-order chi connectivity index (χ1) is 13.6. The summed E-state index contributed by atoms with van der Waals surface area (Å²) >= 11 is 0. The highest BCUT2D eigenvalue weighted by atomic mass is 16.2. The predicted molar refractivity (Wildman–Crippen MR) is 109 cm³/mol. The van der Waals surface area contributed by atoms with E-state index in [1.54, 1.807) is 23.4 Å². The summed E-state index contributed by atoms with van der Waals surface area (Å²) < 4.78 is 0. The normalized spacial score (nSPS) is 14.1. The molecule has 2 heterocycles. The zero-order valence-electron chi connectivity index (χ0n) is 16.5. The Labute approximate surface area is 166 Å². The summed E-state index contributed by atoms with van der Waals surface area (Å²) in [7, 11) is 0. The van der Waals surface area contributed by atoms with Gasteiger partial charge in [0.05, 0.1) is 0 Å². The summed E-state index contributed by atoms with van der Waals surface area (Å²) in [5.74, 6) is 0.723. The predicted octanol–water partition coefficient (Wildman–Crippen LogP) is 2.13. The second-order valence-electron chi connectivity index (χ2n) is 6.86. The van der Waals surface area contributed by atoms with Crippen molar-refractivity contribution in [3.05, 3.63) is 48.3 Å². The van der Waals surface area contributed by atoms with Crippen LogP contribution in [0.1, 0.15) is 25.8 Å². The molecule has 1 aromatic heterocycles. The molecule has 148 valence electrons. The van der Waals surface area contributed by atoms with Gasteiger partial charge in [-0.3, -0.25) is 9.59 Å². The van der Waals surface area contributed by atoms with E-state index in [-0.39, 0.29) is 11.8 Å². The molecule has 7 nitrogen and oxygen atoms in total. The molecular formula is C21H27N5O2. The van der Waals surface area contributed by atoms with E-state index in [1.807, 2.05) is 29.2 Å². The van der Waals surface area contributed by atoms with Crippen molar-refractivity contribution in [2.45, 2.75) is 26.7 Å². The fourth-order valence-electron chi connectivity index (χ4n) is 3.36. The molecule has 1 aromatic carbocycles. The number of aryl methyl sites for hydroxylation is 1. The molecule has 0 saturated carbocycles. The first-order valence-corrected chi connectivity index (χ1v) is 9.75. The maximum atomic E-state index is 12.6. The van der Waals surface area contributed by atoms with Crippen LogP contribution in [0.5, 0.6) is 0 Å². The molecule has 0 aliphatic carbocycles. The molecule has 2 aromatic rings. The van der Waals surface area contributed by atoms with Gasteiger partial charge in [-0.05, 0) is 30.2 Å². The molecular weight excluding hydrogens is 354 g/mol. The summed E-state index contributed by atoms with van der Waals surface area (Å²) in [6.07, 6.45) is 4.72. The quantitative estimate of drug-likeness (QED) is 0.767. The lowest BCUT2D eigenvalue weighted by Crippen LogP contribution is -2.49. The Bertz CT molecular complexity index is 786. The Morgan fingerprint density at radius 1 is 1.04 bits per heavy atom. The first kappa shape index (κ1) is 19.8. The molecule has 1 fully saturated rings. The lowest BCUT2D eigenvalue weighted by Gasteiger charge is -2.35. The molecule has 1 aliphatic heterocycles. The van der Waals surface area contributed by atoms with Gasteiger partial charge in [-0.25, -0.2) is 9.97 Å². The SMILES string of the molecule is CCc1ccc(N(CCC(=O)N2CCN(c3ncccn3)CC2)C(C)=O)cc1. The number of hydrogen-bond acceptors (Lipinski definition) is 5. The van der Waals surface area contributed by atoms with Crippen molar-refractivity contribution in [3.63, 3.8) is 0 Å². The van der Waals surface area contributed by atoms with Crippen molar-refractivity contribution < 1.29 is 9.59 Å². The van der Waals surface area contributed by atoms with E-state index >= 15 is 0 Å². The average molecular weight is 381 g/mol. The number of aromatic nitrogens is 2. The van der Waals surface area contributed by atoms with E-state index in [1.165, 1.54) is 12.5 Å². The highest BCUT2D eigenvalue weighted by Gasteiger charge is 2.23. The van der Waals surface area contributed by atoms with Crippen LogP contribution in [-0.2, 0) is 16.0 Å². The van der Waals surface area contributed by atoms with Crippen LogP contribution in [-0.4, -0.2) is 59.4 Å². The molecule has 0 spiro atoms. The monoisotopic (exact) mass is 381 g/mol. The maximum Gasteiger partial charge on any atom is 0.225 e. The summed E-state index contributed by atoms with van der Waals surface area (Å²) in [5, 5.41) is 0. The average Bonchev–Trinajstić information content (AvgIpc) is 2.74. The van der Waals surface area contributed by atoms with E-state index in [9.17, 15) is 9.59 Å². The molecule has 1 saturated heterocycles. The smallest absolute Gasteiger partial charge is 0.225 e. The molecule has 3 rings (SSSR count). The number of amides is 2. The minimum Gasteiger partial charge on any atom is -0.339 e. The van der Waals surface area contributed by atoms with E-state index in [0.717, 1.165) is 12.1 Å². The maximum absolute atomic E-state index is 12.6. The van der Waals surface area contributed by atoms with Crippen molar-refractivity contribution in [1.29, 1.82) is 0 Å². The van der Waals surface area contributed by atoms with Crippen molar-refractivity contribution in [2.75, 3.05) is 42.5 Å². The van der Waals surface area contributed by atoms with Gasteiger partial charge in [0, 0.05) is 64.1 Å². The number of nitrogens with zero attached hydrogens (tertiary/aromatic N) is 5. The Morgan fingerprint density at radius 3 is 2.25 bits per heavy atom. The number of rotatable bonds is 6. The number of piperazine rings is 1. The molecule has 0 unspecified atom stereocenters. The van der Waals surface area contributed by atoms with Crippen LogP contribution in [0.2, 0.25) is 0 Å². The molecule has 1 aliphatic rings. The Kier molecular flexibility index (Phi) is 6.57.